The number of aromatic carboxylic acids is 1. The number of carboxylic acids is 1. The van der Waals surface area contributed by atoms with Gasteiger partial charge in [0.05, 0.1) is 10.6 Å². The molecule has 3 aromatic carbocycles. The largest absolute Gasteiger partial charge is 0.478 e. The van der Waals surface area contributed by atoms with Crippen LogP contribution in [0.3, 0.4) is 0 Å². The van der Waals surface area contributed by atoms with E-state index in [0.29, 0.717) is 28.2 Å². The molecule has 39 heavy (non-hydrogen) atoms. The van der Waals surface area contributed by atoms with Crippen LogP contribution in [-0.4, -0.2) is 11.1 Å². The van der Waals surface area contributed by atoms with Crippen molar-refractivity contribution in [1.82, 2.24) is 0 Å². The maximum absolute atomic E-state index is 12.6. The molecule has 0 aromatic heterocycles. The zero-order valence-corrected chi connectivity index (χ0v) is 24.8. The average Bonchev–Trinajstić information content (AvgIpc) is 2.80. The number of carboxylic acid groups (broad SMARTS) is 1. The zero-order chi connectivity index (χ0) is 28.0. The monoisotopic (exact) mass is 560 g/mol. The molecule has 0 saturated carbocycles. The first-order valence-corrected chi connectivity index (χ1v) is 14.5. The smallest absolute Gasteiger partial charge is 0.337 e. The van der Waals surface area contributed by atoms with Gasteiger partial charge in [-0.3, -0.25) is 0 Å². The van der Waals surface area contributed by atoms with Gasteiger partial charge in [0.2, 0.25) is 0 Å². The minimum Gasteiger partial charge on any atom is -0.478 e. The Morgan fingerprint density at radius 2 is 1.62 bits per heavy atom. The molecule has 3 nitrogen and oxygen atoms in total. The van der Waals surface area contributed by atoms with Crippen molar-refractivity contribution in [3.05, 3.63) is 90.3 Å². The SMILES string of the molecule is CC1CC(C)(C)Cc2cc3c(cc21)C(c1c(Cl)ccc(Cl)c1C(=O)O)=c1cc2c(cc1O3)=CC(C)(C)CC2C. The highest BCUT2D eigenvalue weighted by Gasteiger charge is 2.35. The second-order valence-electron chi connectivity index (χ2n) is 13.3. The maximum atomic E-state index is 12.6. The fourth-order valence-corrected chi connectivity index (χ4v) is 7.91. The second-order valence-corrected chi connectivity index (χ2v) is 14.1. The van der Waals surface area contributed by atoms with Crippen LogP contribution in [0.4, 0.5) is 0 Å². The summed E-state index contributed by atoms with van der Waals surface area (Å²) in [6.07, 6.45) is 5.41. The molecule has 6 rings (SSSR count). The van der Waals surface area contributed by atoms with Crippen LogP contribution in [0.15, 0.2) is 36.4 Å². The standard InChI is InChI=1S/C34H34Cl2O3/c1-17-13-33(3,4)15-19-9-27-23(11-21(17)19)29(30-25(35)7-8-26(36)31(30)32(37)38)24-12-22-18(2)14-34(5,6)16-20(22)10-28(24)39-27/h7-12,15,17-18H,13-14,16H2,1-6H3,(H,37,38). The van der Waals surface area contributed by atoms with Crippen molar-refractivity contribution in [2.24, 2.45) is 10.8 Å². The van der Waals surface area contributed by atoms with Crippen molar-refractivity contribution in [3.63, 3.8) is 0 Å². The number of hydrogen-bond donors (Lipinski definition) is 1. The summed E-state index contributed by atoms with van der Waals surface area (Å²) in [4.78, 5) is 12.6. The van der Waals surface area contributed by atoms with Crippen LogP contribution in [-0.2, 0) is 6.42 Å². The van der Waals surface area contributed by atoms with Crippen molar-refractivity contribution in [2.75, 3.05) is 0 Å². The molecule has 202 valence electrons. The number of carbonyl (C=O) groups is 1. The molecule has 3 aliphatic rings. The van der Waals surface area contributed by atoms with E-state index in [-0.39, 0.29) is 21.4 Å². The molecule has 3 aromatic rings. The van der Waals surface area contributed by atoms with Crippen LogP contribution in [0.2, 0.25) is 10.0 Å². The first-order chi connectivity index (χ1) is 18.2. The summed E-state index contributed by atoms with van der Waals surface area (Å²) in [6.45, 7) is 13.7. The van der Waals surface area contributed by atoms with Crippen molar-refractivity contribution in [3.8, 4) is 11.5 Å². The van der Waals surface area contributed by atoms with Gasteiger partial charge in [0.15, 0.2) is 0 Å². The summed E-state index contributed by atoms with van der Waals surface area (Å²) < 4.78 is 6.67. The summed E-state index contributed by atoms with van der Waals surface area (Å²) in [5.41, 5.74) is 6.19. The summed E-state index contributed by atoms with van der Waals surface area (Å²) in [6, 6.07) is 11.9. The lowest BCUT2D eigenvalue weighted by molar-refractivity contribution is 0.0696. The van der Waals surface area contributed by atoms with Crippen LogP contribution in [0, 0.1) is 10.8 Å². The molecule has 0 saturated heterocycles. The molecule has 0 amide bonds. The molecule has 1 N–H and O–H groups in total. The van der Waals surface area contributed by atoms with Crippen LogP contribution in [0.5, 0.6) is 11.5 Å². The van der Waals surface area contributed by atoms with E-state index in [2.05, 4.69) is 71.9 Å². The van der Waals surface area contributed by atoms with Crippen molar-refractivity contribution < 1.29 is 14.6 Å². The molecule has 2 aliphatic carbocycles. The summed E-state index contributed by atoms with van der Waals surface area (Å²) in [7, 11) is 0. The minimum absolute atomic E-state index is 0.0170. The summed E-state index contributed by atoms with van der Waals surface area (Å²) in [5.74, 6) is 1.05. The Bertz CT molecular complexity index is 1700. The molecule has 1 heterocycles. The molecule has 0 fully saturated rings. The van der Waals surface area contributed by atoms with Gasteiger partial charge < -0.3 is 9.84 Å². The normalized spacial score (nSPS) is 22.0. The number of hydrogen-bond acceptors (Lipinski definition) is 2. The van der Waals surface area contributed by atoms with Gasteiger partial charge >= 0.3 is 5.97 Å². The number of halogens is 2. The topological polar surface area (TPSA) is 46.5 Å². The number of benzene rings is 3. The van der Waals surface area contributed by atoms with Crippen LogP contribution in [0.25, 0.3) is 11.6 Å². The maximum Gasteiger partial charge on any atom is 0.337 e. The van der Waals surface area contributed by atoms with Crippen molar-refractivity contribution >= 4 is 40.8 Å². The Labute approximate surface area is 240 Å². The molecular weight excluding hydrogens is 527 g/mol. The number of fused-ring (bicyclic) bond motifs is 4. The van der Waals surface area contributed by atoms with E-state index in [1.54, 1.807) is 12.1 Å². The van der Waals surface area contributed by atoms with Gasteiger partial charge in [-0.1, -0.05) is 70.8 Å². The van der Waals surface area contributed by atoms with Crippen LogP contribution >= 0.6 is 23.2 Å². The van der Waals surface area contributed by atoms with Gasteiger partial charge in [0.1, 0.15) is 11.5 Å². The Balaban J connectivity index is 1.76. The lowest BCUT2D eigenvalue weighted by Crippen LogP contribution is -2.31. The van der Waals surface area contributed by atoms with Crippen molar-refractivity contribution in [2.45, 2.75) is 72.6 Å². The second kappa shape index (κ2) is 8.88. The van der Waals surface area contributed by atoms with E-state index in [4.69, 9.17) is 27.9 Å². The molecule has 0 radical (unpaired) electrons. The van der Waals surface area contributed by atoms with E-state index in [9.17, 15) is 9.90 Å². The Hall–Kier alpha value is -2.75. The highest BCUT2D eigenvalue weighted by molar-refractivity contribution is 6.37. The molecule has 2 atom stereocenters. The van der Waals surface area contributed by atoms with Crippen LogP contribution < -0.4 is 15.2 Å². The fraction of sp³-hybridized carbons (Fsp3) is 0.382. The quantitative estimate of drug-likeness (QED) is 0.267. The van der Waals surface area contributed by atoms with E-state index >= 15 is 0 Å². The van der Waals surface area contributed by atoms with E-state index < -0.39 is 5.97 Å². The van der Waals surface area contributed by atoms with Crippen LogP contribution in [0.1, 0.15) is 104 Å². The predicted octanol–water partition coefficient (Wildman–Crippen LogP) is 8.43. The lowest BCUT2D eigenvalue weighted by Gasteiger charge is -2.37. The highest BCUT2D eigenvalue weighted by Crippen LogP contribution is 2.48. The molecule has 1 aliphatic heterocycles. The van der Waals surface area contributed by atoms with E-state index in [0.717, 1.165) is 41.4 Å². The first-order valence-electron chi connectivity index (χ1n) is 13.7. The Morgan fingerprint density at radius 3 is 2.33 bits per heavy atom. The molecular formula is C34H34Cl2O3. The lowest BCUT2D eigenvalue weighted by atomic mass is 9.69. The van der Waals surface area contributed by atoms with Gasteiger partial charge in [-0.2, -0.15) is 0 Å². The van der Waals surface area contributed by atoms with Crippen molar-refractivity contribution in [1.29, 1.82) is 0 Å². The fourth-order valence-electron chi connectivity index (χ4n) is 7.42. The van der Waals surface area contributed by atoms with Gasteiger partial charge in [-0.05, 0) is 100 Å². The molecule has 5 heteroatoms. The third-order valence-corrected chi connectivity index (χ3v) is 9.35. The number of ether oxygens (including phenoxy) is 1. The molecule has 2 unspecified atom stereocenters. The third-order valence-electron chi connectivity index (χ3n) is 8.72. The highest BCUT2D eigenvalue weighted by atomic mass is 35.5. The zero-order valence-electron chi connectivity index (χ0n) is 23.3. The minimum atomic E-state index is -1.10. The van der Waals surface area contributed by atoms with Gasteiger partial charge in [-0.25, -0.2) is 4.79 Å². The molecule has 0 spiro atoms. The molecule has 0 bridgehead atoms. The average molecular weight is 562 g/mol. The predicted molar refractivity (Wildman–Crippen MR) is 159 cm³/mol. The summed E-state index contributed by atoms with van der Waals surface area (Å²) >= 11 is 13.4. The first kappa shape index (κ1) is 26.5. The van der Waals surface area contributed by atoms with Gasteiger partial charge in [0.25, 0.3) is 0 Å². The number of rotatable bonds is 2. The Morgan fingerprint density at radius 1 is 0.923 bits per heavy atom. The van der Waals surface area contributed by atoms with E-state index in [1.165, 1.54) is 21.9 Å². The Kier molecular flexibility index (Phi) is 6.03. The summed E-state index contributed by atoms with van der Waals surface area (Å²) in [5, 5.41) is 12.8. The van der Waals surface area contributed by atoms with Gasteiger partial charge in [-0.15, -0.1) is 0 Å². The van der Waals surface area contributed by atoms with Gasteiger partial charge in [0, 0.05) is 26.9 Å². The van der Waals surface area contributed by atoms with E-state index in [1.807, 2.05) is 0 Å². The third kappa shape index (κ3) is 4.39.